The van der Waals surface area contributed by atoms with Crippen molar-refractivity contribution in [3.05, 3.63) is 28.8 Å². The van der Waals surface area contributed by atoms with Gasteiger partial charge in [0.15, 0.2) is 6.10 Å². The number of benzene rings is 1. The zero-order valence-corrected chi connectivity index (χ0v) is 15.0. The summed E-state index contributed by atoms with van der Waals surface area (Å²) >= 11 is 6.00. The van der Waals surface area contributed by atoms with Gasteiger partial charge in [0.25, 0.3) is 5.91 Å². The Morgan fingerprint density at radius 3 is 2.74 bits per heavy atom. The van der Waals surface area contributed by atoms with Gasteiger partial charge in [0, 0.05) is 24.2 Å². The number of halogens is 1. The van der Waals surface area contributed by atoms with E-state index in [4.69, 9.17) is 16.3 Å². The van der Waals surface area contributed by atoms with E-state index in [0.717, 1.165) is 38.0 Å². The highest BCUT2D eigenvalue weighted by molar-refractivity contribution is 6.31. The Labute approximate surface area is 144 Å². The summed E-state index contributed by atoms with van der Waals surface area (Å²) in [5.74, 6) is 0.624. The summed E-state index contributed by atoms with van der Waals surface area (Å²) in [7, 11) is 0. The Balaban J connectivity index is 1.80. The van der Waals surface area contributed by atoms with E-state index < -0.39 is 6.10 Å². The Morgan fingerprint density at radius 1 is 1.43 bits per heavy atom. The van der Waals surface area contributed by atoms with Gasteiger partial charge in [-0.1, -0.05) is 18.5 Å². The van der Waals surface area contributed by atoms with E-state index in [0.29, 0.717) is 10.8 Å². The first-order chi connectivity index (χ1) is 11.0. The highest BCUT2D eigenvalue weighted by atomic mass is 35.5. The van der Waals surface area contributed by atoms with Crippen LogP contribution in [-0.4, -0.2) is 42.6 Å². The monoisotopic (exact) mass is 338 g/mol. The van der Waals surface area contributed by atoms with E-state index in [1.165, 1.54) is 6.42 Å². The van der Waals surface area contributed by atoms with Crippen LogP contribution < -0.4 is 10.1 Å². The lowest BCUT2D eigenvalue weighted by molar-refractivity contribution is -0.128. The molecule has 0 aromatic heterocycles. The molecule has 1 aromatic carbocycles. The first-order valence-electron chi connectivity index (χ1n) is 8.45. The van der Waals surface area contributed by atoms with E-state index in [9.17, 15) is 4.79 Å². The molecule has 1 aliphatic rings. The van der Waals surface area contributed by atoms with E-state index in [1.807, 2.05) is 13.0 Å². The lowest BCUT2D eigenvalue weighted by atomic mass is 10.0. The average Bonchev–Trinajstić information content (AvgIpc) is 2.53. The minimum Gasteiger partial charge on any atom is -0.481 e. The molecule has 2 rings (SSSR count). The molecule has 0 bridgehead atoms. The summed E-state index contributed by atoms with van der Waals surface area (Å²) in [6.45, 7) is 9.17. The second-order valence-electron chi connectivity index (χ2n) is 6.30. The third-order valence-electron chi connectivity index (χ3n) is 4.29. The highest BCUT2D eigenvalue weighted by Gasteiger charge is 2.23. The molecule has 1 atom stereocenters. The smallest absolute Gasteiger partial charge is 0.260 e. The molecule has 1 fully saturated rings. The summed E-state index contributed by atoms with van der Waals surface area (Å²) in [4.78, 5) is 14.8. The number of ether oxygens (including phenoxy) is 1. The number of hydrogen-bond donors (Lipinski definition) is 1. The fraction of sp³-hybridized carbons (Fsp3) is 0.611. The van der Waals surface area contributed by atoms with Crippen LogP contribution in [0.5, 0.6) is 5.75 Å². The van der Waals surface area contributed by atoms with Crippen molar-refractivity contribution >= 4 is 17.5 Å². The molecule has 1 heterocycles. The molecular formula is C18H27ClN2O2. The van der Waals surface area contributed by atoms with Crippen LogP contribution in [0, 0.1) is 6.92 Å². The first kappa shape index (κ1) is 18.1. The third kappa shape index (κ3) is 5.40. The van der Waals surface area contributed by atoms with Gasteiger partial charge >= 0.3 is 0 Å². The molecular weight excluding hydrogens is 312 g/mol. The first-order valence-corrected chi connectivity index (χ1v) is 8.83. The van der Waals surface area contributed by atoms with Gasteiger partial charge in [-0.15, -0.1) is 0 Å². The molecule has 0 unspecified atom stereocenters. The Hall–Kier alpha value is -1.26. The van der Waals surface area contributed by atoms with Crippen LogP contribution in [0.3, 0.4) is 0 Å². The molecule has 0 radical (unpaired) electrons. The number of likely N-dealkylation sites (tertiary alicyclic amines) is 1. The summed E-state index contributed by atoms with van der Waals surface area (Å²) in [5.41, 5.74) is 0.945. The van der Waals surface area contributed by atoms with Crippen LogP contribution in [0.25, 0.3) is 0 Å². The van der Waals surface area contributed by atoms with E-state index in [2.05, 4.69) is 17.1 Å². The lowest BCUT2D eigenvalue weighted by Crippen LogP contribution is -2.48. The second-order valence-corrected chi connectivity index (χ2v) is 6.70. The van der Waals surface area contributed by atoms with E-state index in [1.54, 1.807) is 19.1 Å². The van der Waals surface area contributed by atoms with Gasteiger partial charge in [0.1, 0.15) is 5.75 Å². The summed E-state index contributed by atoms with van der Waals surface area (Å²) in [6.07, 6.45) is 2.70. The van der Waals surface area contributed by atoms with Crippen LogP contribution in [-0.2, 0) is 4.79 Å². The maximum Gasteiger partial charge on any atom is 0.260 e. The number of rotatable bonds is 6. The molecule has 1 N–H and O–H groups in total. The van der Waals surface area contributed by atoms with Gasteiger partial charge in [-0.3, -0.25) is 4.79 Å². The molecule has 5 heteroatoms. The quantitative estimate of drug-likeness (QED) is 0.864. The van der Waals surface area contributed by atoms with Crippen molar-refractivity contribution in [3.8, 4) is 5.75 Å². The lowest BCUT2D eigenvalue weighted by Gasteiger charge is -2.32. The van der Waals surface area contributed by atoms with Crippen LogP contribution in [0.4, 0.5) is 0 Å². The summed E-state index contributed by atoms with van der Waals surface area (Å²) in [5, 5.41) is 3.81. The van der Waals surface area contributed by atoms with Crippen LogP contribution in [0.15, 0.2) is 18.2 Å². The minimum atomic E-state index is -0.510. The van der Waals surface area contributed by atoms with Gasteiger partial charge in [0.05, 0.1) is 0 Å². The third-order valence-corrected chi connectivity index (χ3v) is 4.71. The maximum absolute atomic E-state index is 12.3. The van der Waals surface area contributed by atoms with Crippen molar-refractivity contribution in [2.24, 2.45) is 0 Å². The molecule has 0 spiro atoms. The molecule has 1 amide bonds. The second kappa shape index (κ2) is 8.55. The molecule has 128 valence electrons. The maximum atomic E-state index is 12.3. The number of nitrogens with one attached hydrogen (secondary N) is 1. The number of carbonyl (C=O) groups is 1. The molecule has 1 aliphatic heterocycles. The number of piperidine rings is 1. The SMILES string of the molecule is CCCN1CCC(NC(=O)[C@@H](C)Oc2ccc(Cl)c(C)c2)CC1. The van der Waals surface area contributed by atoms with Crippen molar-refractivity contribution in [1.29, 1.82) is 0 Å². The fourth-order valence-corrected chi connectivity index (χ4v) is 3.00. The van der Waals surface area contributed by atoms with Gasteiger partial charge in [-0.2, -0.15) is 0 Å². The summed E-state index contributed by atoms with van der Waals surface area (Å²) in [6, 6.07) is 5.70. The van der Waals surface area contributed by atoms with E-state index >= 15 is 0 Å². The number of hydrogen-bond acceptors (Lipinski definition) is 3. The van der Waals surface area contributed by atoms with Crippen LogP contribution in [0.2, 0.25) is 5.02 Å². The molecule has 0 aliphatic carbocycles. The van der Waals surface area contributed by atoms with Crippen molar-refractivity contribution in [2.45, 2.75) is 52.2 Å². The fourth-order valence-electron chi connectivity index (χ4n) is 2.88. The molecule has 23 heavy (non-hydrogen) atoms. The number of amides is 1. The van der Waals surface area contributed by atoms with Crippen LogP contribution >= 0.6 is 11.6 Å². The van der Waals surface area contributed by atoms with Gasteiger partial charge < -0.3 is 15.0 Å². The molecule has 4 nitrogen and oxygen atoms in total. The predicted molar refractivity (Wildman–Crippen MR) is 94.2 cm³/mol. The molecule has 1 aromatic rings. The number of carbonyl (C=O) groups excluding carboxylic acids is 1. The Bertz CT molecular complexity index is 528. The zero-order valence-electron chi connectivity index (χ0n) is 14.3. The average molecular weight is 339 g/mol. The van der Waals surface area contributed by atoms with Crippen molar-refractivity contribution in [2.75, 3.05) is 19.6 Å². The Morgan fingerprint density at radius 2 is 2.13 bits per heavy atom. The molecule has 0 saturated carbocycles. The predicted octanol–water partition coefficient (Wildman–Crippen LogP) is 3.41. The largest absolute Gasteiger partial charge is 0.481 e. The van der Waals surface area contributed by atoms with Gasteiger partial charge in [-0.05, 0) is 63.4 Å². The zero-order chi connectivity index (χ0) is 16.8. The highest BCUT2D eigenvalue weighted by Crippen LogP contribution is 2.22. The van der Waals surface area contributed by atoms with Gasteiger partial charge in [-0.25, -0.2) is 0 Å². The molecule has 1 saturated heterocycles. The number of aryl methyl sites for hydroxylation is 1. The normalized spacial score (nSPS) is 17.7. The van der Waals surface area contributed by atoms with E-state index in [-0.39, 0.29) is 11.9 Å². The topological polar surface area (TPSA) is 41.6 Å². The van der Waals surface area contributed by atoms with Crippen LogP contribution in [0.1, 0.15) is 38.7 Å². The summed E-state index contributed by atoms with van der Waals surface area (Å²) < 4.78 is 5.73. The van der Waals surface area contributed by atoms with Crippen molar-refractivity contribution < 1.29 is 9.53 Å². The minimum absolute atomic E-state index is 0.0495. The Kier molecular flexibility index (Phi) is 6.72. The van der Waals surface area contributed by atoms with Crippen molar-refractivity contribution in [1.82, 2.24) is 10.2 Å². The van der Waals surface area contributed by atoms with Gasteiger partial charge in [0.2, 0.25) is 0 Å². The van der Waals surface area contributed by atoms with Crippen molar-refractivity contribution in [3.63, 3.8) is 0 Å². The standard InChI is InChI=1S/C18H27ClN2O2/c1-4-9-21-10-7-15(8-11-21)20-18(22)14(3)23-16-5-6-17(19)13(2)12-16/h5-6,12,14-15H,4,7-11H2,1-3H3,(H,20,22)/t14-/m1/s1. The number of nitrogens with zero attached hydrogens (tertiary/aromatic N) is 1.